The number of hydrogen-bond acceptors (Lipinski definition) is 2. The van der Waals surface area contributed by atoms with Crippen molar-refractivity contribution in [3.05, 3.63) is 9.26 Å². The van der Waals surface area contributed by atoms with Crippen LogP contribution in [0.2, 0.25) is 0 Å². The highest BCUT2D eigenvalue weighted by atomic mass is 127. The van der Waals surface area contributed by atoms with E-state index in [2.05, 4.69) is 5.10 Å². The monoisotopic (exact) mass is 330 g/mol. The minimum atomic E-state index is -2.57. The predicted octanol–water partition coefficient (Wildman–Crippen LogP) is 3.19. The molecule has 0 amide bonds. The molecule has 0 saturated carbocycles. The standard InChI is InChI=1S/C9H13F2IN2O/c1-9(2,3)14-7(12)5(6(10)11)8(13-14)15-4/h6H,1-4H3. The van der Waals surface area contributed by atoms with Crippen molar-refractivity contribution in [3.63, 3.8) is 0 Å². The third-order valence-corrected chi connectivity index (χ3v) is 2.91. The second-order valence-electron chi connectivity index (χ2n) is 4.10. The van der Waals surface area contributed by atoms with Crippen LogP contribution in [0.3, 0.4) is 0 Å². The smallest absolute Gasteiger partial charge is 0.271 e. The van der Waals surface area contributed by atoms with E-state index in [1.54, 1.807) is 4.68 Å². The van der Waals surface area contributed by atoms with E-state index in [0.29, 0.717) is 3.70 Å². The Hall–Kier alpha value is -0.400. The predicted molar refractivity (Wildman–Crippen MR) is 61.4 cm³/mol. The van der Waals surface area contributed by atoms with Crippen molar-refractivity contribution in [2.24, 2.45) is 0 Å². The molecule has 0 spiro atoms. The van der Waals surface area contributed by atoms with Gasteiger partial charge in [-0.2, -0.15) is 0 Å². The van der Waals surface area contributed by atoms with Gasteiger partial charge in [0.2, 0.25) is 5.88 Å². The zero-order valence-corrected chi connectivity index (χ0v) is 11.2. The summed E-state index contributed by atoms with van der Waals surface area (Å²) in [6, 6.07) is 0. The third-order valence-electron chi connectivity index (χ3n) is 1.88. The topological polar surface area (TPSA) is 27.1 Å². The van der Waals surface area contributed by atoms with E-state index in [1.165, 1.54) is 7.11 Å². The summed E-state index contributed by atoms with van der Waals surface area (Å²) in [5.41, 5.74) is -0.468. The molecule has 0 radical (unpaired) electrons. The van der Waals surface area contributed by atoms with E-state index >= 15 is 0 Å². The van der Waals surface area contributed by atoms with Gasteiger partial charge >= 0.3 is 0 Å². The molecule has 0 aromatic carbocycles. The Morgan fingerprint density at radius 2 is 1.93 bits per heavy atom. The molecular weight excluding hydrogens is 317 g/mol. The summed E-state index contributed by atoms with van der Waals surface area (Å²) in [7, 11) is 1.34. The lowest BCUT2D eigenvalue weighted by atomic mass is 10.1. The largest absolute Gasteiger partial charge is 0.480 e. The summed E-state index contributed by atoms with van der Waals surface area (Å²) < 4.78 is 32.3. The molecule has 3 nitrogen and oxygen atoms in total. The van der Waals surface area contributed by atoms with Gasteiger partial charge in [0.15, 0.2) is 0 Å². The molecule has 0 N–H and O–H groups in total. The van der Waals surface area contributed by atoms with Crippen LogP contribution in [-0.2, 0) is 5.54 Å². The van der Waals surface area contributed by atoms with E-state index in [0.717, 1.165) is 0 Å². The molecule has 15 heavy (non-hydrogen) atoms. The molecular formula is C9H13F2IN2O. The van der Waals surface area contributed by atoms with E-state index in [9.17, 15) is 8.78 Å². The van der Waals surface area contributed by atoms with Crippen LogP contribution in [0.25, 0.3) is 0 Å². The fraction of sp³-hybridized carbons (Fsp3) is 0.667. The summed E-state index contributed by atoms with van der Waals surface area (Å²) in [6.45, 7) is 5.70. The fourth-order valence-corrected chi connectivity index (χ4v) is 2.47. The van der Waals surface area contributed by atoms with Crippen molar-refractivity contribution in [2.75, 3.05) is 7.11 Å². The Morgan fingerprint density at radius 1 is 1.40 bits per heavy atom. The maximum absolute atomic E-state index is 12.7. The molecule has 0 aliphatic rings. The Bertz CT molecular complexity index is 358. The van der Waals surface area contributed by atoms with Crippen molar-refractivity contribution in [3.8, 4) is 5.88 Å². The van der Waals surface area contributed by atoms with Crippen molar-refractivity contribution in [1.29, 1.82) is 0 Å². The van der Waals surface area contributed by atoms with Gasteiger partial charge in [0, 0.05) is 0 Å². The SMILES string of the molecule is COc1nn(C(C)(C)C)c(I)c1C(F)F. The van der Waals surface area contributed by atoms with Gasteiger partial charge in [-0.05, 0) is 43.4 Å². The quantitative estimate of drug-likeness (QED) is 0.779. The van der Waals surface area contributed by atoms with Crippen LogP contribution < -0.4 is 4.74 Å². The molecule has 0 aliphatic heterocycles. The molecule has 0 fully saturated rings. The Morgan fingerprint density at radius 3 is 2.20 bits per heavy atom. The number of alkyl halides is 2. The maximum atomic E-state index is 12.7. The lowest BCUT2D eigenvalue weighted by molar-refractivity contribution is 0.146. The van der Waals surface area contributed by atoms with Crippen LogP contribution >= 0.6 is 22.6 Å². The first kappa shape index (κ1) is 12.7. The number of rotatable bonds is 2. The first-order valence-electron chi connectivity index (χ1n) is 4.40. The number of aromatic nitrogens is 2. The van der Waals surface area contributed by atoms with E-state index < -0.39 is 6.43 Å². The highest BCUT2D eigenvalue weighted by Gasteiger charge is 2.28. The van der Waals surface area contributed by atoms with Crippen LogP contribution in [0.4, 0.5) is 8.78 Å². The van der Waals surface area contributed by atoms with Gasteiger partial charge in [-0.1, -0.05) is 0 Å². The van der Waals surface area contributed by atoms with Crippen LogP contribution in [-0.4, -0.2) is 16.9 Å². The third kappa shape index (κ3) is 2.40. The van der Waals surface area contributed by atoms with Crippen molar-refractivity contribution in [2.45, 2.75) is 32.7 Å². The second-order valence-corrected chi connectivity index (χ2v) is 5.12. The summed E-state index contributed by atoms with van der Waals surface area (Å²) in [6.07, 6.45) is -2.57. The van der Waals surface area contributed by atoms with Gasteiger partial charge in [0.1, 0.15) is 9.26 Å². The van der Waals surface area contributed by atoms with E-state index in [1.807, 2.05) is 43.4 Å². The first-order valence-corrected chi connectivity index (χ1v) is 5.48. The molecule has 0 atom stereocenters. The highest BCUT2D eigenvalue weighted by Crippen LogP contribution is 2.34. The average molecular weight is 330 g/mol. The second kappa shape index (κ2) is 4.23. The van der Waals surface area contributed by atoms with E-state index in [-0.39, 0.29) is 17.0 Å². The first-order chi connectivity index (χ1) is 6.79. The van der Waals surface area contributed by atoms with Crippen LogP contribution in [0.1, 0.15) is 32.8 Å². The molecule has 1 rings (SSSR count). The Balaban J connectivity index is 3.35. The maximum Gasteiger partial charge on any atom is 0.271 e. The Labute approximate surface area is 101 Å². The minimum absolute atomic E-state index is 0.00400. The van der Waals surface area contributed by atoms with Gasteiger partial charge < -0.3 is 4.74 Å². The zero-order chi connectivity index (χ0) is 11.8. The number of ether oxygens (including phenoxy) is 1. The molecule has 0 bridgehead atoms. The summed E-state index contributed by atoms with van der Waals surface area (Å²) in [4.78, 5) is 0. The molecule has 6 heteroatoms. The van der Waals surface area contributed by atoms with Gasteiger partial charge in [0.25, 0.3) is 6.43 Å². The van der Waals surface area contributed by atoms with Crippen molar-refractivity contribution >= 4 is 22.6 Å². The molecule has 0 unspecified atom stereocenters. The summed E-state index contributed by atoms with van der Waals surface area (Å²) in [5, 5.41) is 4.03. The van der Waals surface area contributed by atoms with Gasteiger partial charge in [-0.25, -0.2) is 13.5 Å². The summed E-state index contributed by atoms with van der Waals surface area (Å²) in [5.74, 6) is 0.00400. The normalized spacial score (nSPS) is 12.3. The van der Waals surface area contributed by atoms with Crippen molar-refractivity contribution < 1.29 is 13.5 Å². The molecule has 0 aliphatic carbocycles. The number of nitrogens with zero attached hydrogens (tertiary/aromatic N) is 2. The van der Waals surface area contributed by atoms with Crippen molar-refractivity contribution in [1.82, 2.24) is 9.78 Å². The van der Waals surface area contributed by atoms with Crippen LogP contribution in [0.15, 0.2) is 0 Å². The van der Waals surface area contributed by atoms with E-state index in [4.69, 9.17) is 4.74 Å². The number of methoxy groups -OCH3 is 1. The molecule has 0 saturated heterocycles. The number of hydrogen-bond donors (Lipinski definition) is 0. The highest BCUT2D eigenvalue weighted by molar-refractivity contribution is 14.1. The lowest BCUT2D eigenvalue weighted by Gasteiger charge is -2.20. The zero-order valence-electron chi connectivity index (χ0n) is 9.01. The van der Waals surface area contributed by atoms with Gasteiger partial charge in [-0.3, -0.25) is 0 Å². The lowest BCUT2D eigenvalue weighted by Crippen LogP contribution is -2.24. The summed E-state index contributed by atoms with van der Waals surface area (Å²) >= 11 is 1.87. The minimum Gasteiger partial charge on any atom is -0.480 e. The van der Waals surface area contributed by atoms with Crippen LogP contribution in [0.5, 0.6) is 5.88 Å². The molecule has 1 aromatic heterocycles. The number of halogens is 3. The van der Waals surface area contributed by atoms with Gasteiger partial charge in [0.05, 0.1) is 12.6 Å². The van der Waals surface area contributed by atoms with Crippen LogP contribution in [0, 0.1) is 3.70 Å². The Kier molecular flexibility index (Phi) is 3.57. The molecule has 1 aromatic rings. The average Bonchev–Trinajstić information content (AvgIpc) is 2.41. The molecule has 86 valence electrons. The van der Waals surface area contributed by atoms with Gasteiger partial charge in [-0.15, -0.1) is 5.10 Å². The molecule has 1 heterocycles. The fourth-order valence-electron chi connectivity index (χ4n) is 1.17.